The zero-order valence-electron chi connectivity index (χ0n) is 16.8. The quantitative estimate of drug-likeness (QED) is 0.544. The van der Waals surface area contributed by atoms with Gasteiger partial charge in [0.15, 0.2) is 11.5 Å². The number of fused-ring (bicyclic) bond motifs is 1. The molecule has 152 valence electrons. The number of carbonyl (C=O) groups is 2. The molecule has 0 bridgehead atoms. The van der Waals surface area contributed by atoms with Crippen LogP contribution in [-0.2, 0) is 7.05 Å². The summed E-state index contributed by atoms with van der Waals surface area (Å²) in [6, 6.07) is 7.11. The van der Waals surface area contributed by atoms with Gasteiger partial charge in [0, 0.05) is 56.5 Å². The predicted octanol–water partition coefficient (Wildman–Crippen LogP) is 1.87. The molecule has 4 rings (SSSR count). The van der Waals surface area contributed by atoms with Crippen LogP contribution in [-0.4, -0.2) is 59.7 Å². The SMILES string of the molecule is CCN(C)C(=O)c1cnn(C)c1C(=O)Nc1ccn2nc(-c3cccnc3)nc2c1. The van der Waals surface area contributed by atoms with Crippen LogP contribution in [0.4, 0.5) is 5.69 Å². The van der Waals surface area contributed by atoms with Gasteiger partial charge in [-0.15, -0.1) is 5.10 Å². The van der Waals surface area contributed by atoms with Gasteiger partial charge in [-0.1, -0.05) is 0 Å². The van der Waals surface area contributed by atoms with E-state index in [1.165, 1.54) is 15.8 Å². The van der Waals surface area contributed by atoms with E-state index in [4.69, 9.17) is 0 Å². The molecule has 0 saturated carbocycles. The summed E-state index contributed by atoms with van der Waals surface area (Å²) in [5.41, 5.74) is 2.34. The first-order valence-electron chi connectivity index (χ1n) is 9.33. The van der Waals surface area contributed by atoms with Gasteiger partial charge in [0.2, 0.25) is 0 Å². The topological polar surface area (TPSA) is 110 Å². The average Bonchev–Trinajstić information content (AvgIpc) is 3.36. The van der Waals surface area contributed by atoms with Gasteiger partial charge in [-0.25, -0.2) is 9.50 Å². The number of aromatic nitrogens is 6. The molecule has 4 heterocycles. The normalized spacial score (nSPS) is 10.9. The molecule has 0 unspecified atom stereocenters. The number of aryl methyl sites for hydroxylation is 1. The van der Waals surface area contributed by atoms with Crippen LogP contribution in [0.3, 0.4) is 0 Å². The summed E-state index contributed by atoms with van der Waals surface area (Å²) in [5.74, 6) is -0.155. The van der Waals surface area contributed by atoms with Crippen LogP contribution in [0.2, 0.25) is 0 Å². The summed E-state index contributed by atoms with van der Waals surface area (Å²) >= 11 is 0. The summed E-state index contributed by atoms with van der Waals surface area (Å²) in [7, 11) is 3.30. The van der Waals surface area contributed by atoms with Gasteiger partial charge >= 0.3 is 0 Å². The van der Waals surface area contributed by atoms with Gasteiger partial charge in [0.05, 0.1) is 11.8 Å². The van der Waals surface area contributed by atoms with E-state index in [1.807, 2.05) is 19.1 Å². The van der Waals surface area contributed by atoms with Crippen molar-refractivity contribution in [1.29, 1.82) is 0 Å². The molecule has 0 saturated heterocycles. The Bertz CT molecular complexity index is 1230. The maximum Gasteiger partial charge on any atom is 0.274 e. The van der Waals surface area contributed by atoms with Gasteiger partial charge in [-0.3, -0.25) is 19.3 Å². The van der Waals surface area contributed by atoms with Crippen molar-refractivity contribution in [2.75, 3.05) is 18.9 Å². The molecule has 0 radical (unpaired) electrons. The Hall–Kier alpha value is -4.08. The Morgan fingerprint density at radius 3 is 2.80 bits per heavy atom. The fourth-order valence-electron chi connectivity index (χ4n) is 2.98. The molecule has 0 aliphatic heterocycles. The van der Waals surface area contributed by atoms with Crippen molar-refractivity contribution in [3.05, 3.63) is 60.3 Å². The van der Waals surface area contributed by atoms with Gasteiger partial charge < -0.3 is 10.2 Å². The maximum atomic E-state index is 12.9. The molecule has 0 spiro atoms. The van der Waals surface area contributed by atoms with Crippen LogP contribution in [0.5, 0.6) is 0 Å². The predicted molar refractivity (Wildman–Crippen MR) is 110 cm³/mol. The van der Waals surface area contributed by atoms with Gasteiger partial charge in [0.1, 0.15) is 5.69 Å². The van der Waals surface area contributed by atoms with Crippen molar-refractivity contribution >= 4 is 23.1 Å². The Morgan fingerprint density at radius 2 is 2.07 bits per heavy atom. The summed E-state index contributed by atoms with van der Waals surface area (Å²) in [4.78, 5) is 35.5. The Labute approximate surface area is 172 Å². The van der Waals surface area contributed by atoms with Crippen LogP contribution < -0.4 is 5.32 Å². The number of amides is 2. The minimum absolute atomic E-state index is 0.192. The fourth-order valence-corrected chi connectivity index (χ4v) is 2.98. The molecule has 0 fully saturated rings. The van der Waals surface area contributed by atoms with Crippen molar-refractivity contribution in [3.63, 3.8) is 0 Å². The number of hydrogen-bond donors (Lipinski definition) is 1. The summed E-state index contributed by atoms with van der Waals surface area (Å²) in [5, 5.41) is 11.3. The smallest absolute Gasteiger partial charge is 0.274 e. The highest BCUT2D eigenvalue weighted by molar-refractivity contribution is 6.11. The van der Waals surface area contributed by atoms with Crippen molar-refractivity contribution < 1.29 is 9.59 Å². The first-order chi connectivity index (χ1) is 14.5. The average molecular weight is 404 g/mol. The lowest BCUT2D eigenvalue weighted by Gasteiger charge is -2.14. The first-order valence-corrected chi connectivity index (χ1v) is 9.33. The van der Waals surface area contributed by atoms with E-state index in [9.17, 15) is 9.59 Å². The molecule has 4 aromatic rings. The lowest BCUT2D eigenvalue weighted by atomic mass is 10.2. The first kappa shape index (κ1) is 19.2. The summed E-state index contributed by atoms with van der Waals surface area (Å²) in [6.07, 6.45) is 6.48. The highest BCUT2D eigenvalue weighted by Gasteiger charge is 2.24. The van der Waals surface area contributed by atoms with Crippen LogP contribution >= 0.6 is 0 Å². The zero-order valence-corrected chi connectivity index (χ0v) is 16.8. The molecule has 0 aliphatic rings. The molecule has 0 aromatic carbocycles. The minimum atomic E-state index is -0.431. The number of hydrogen-bond acceptors (Lipinski definition) is 6. The van der Waals surface area contributed by atoms with E-state index >= 15 is 0 Å². The number of nitrogens with zero attached hydrogens (tertiary/aromatic N) is 7. The maximum absolute atomic E-state index is 12.9. The van der Waals surface area contributed by atoms with E-state index in [0.717, 1.165) is 5.56 Å². The molecule has 0 aliphatic carbocycles. The van der Waals surface area contributed by atoms with Crippen molar-refractivity contribution in [1.82, 2.24) is 34.3 Å². The lowest BCUT2D eigenvalue weighted by Crippen LogP contribution is -2.29. The number of nitrogens with one attached hydrogen (secondary N) is 1. The highest BCUT2D eigenvalue weighted by Crippen LogP contribution is 2.18. The van der Waals surface area contributed by atoms with E-state index in [-0.39, 0.29) is 17.2 Å². The molecular weight excluding hydrogens is 384 g/mol. The molecule has 2 amide bonds. The fraction of sp³-hybridized carbons (Fsp3) is 0.200. The molecule has 1 N–H and O–H groups in total. The van der Waals surface area contributed by atoms with Gasteiger partial charge in [-0.2, -0.15) is 5.10 Å². The standard InChI is InChI=1S/C20H20N8O2/c1-4-26(2)20(30)15-12-22-27(3)17(15)19(29)23-14-7-9-28-16(10-14)24-18(25-28)13-6-5-8-21-11-13/h5-12H,4H2,1-3H3,(H,23,29). The van der Waals surface area contributed by atoms with Crippen molar-refractivity contribution in [2.45, 2.75) is 6.92 Å². The third kappa shape index (κ3) is 3.50. The van der Waals surface area contributed by atoms with Crippen molar-refractivity contribution in [3.8, 4) is 11.4 Å². The number of carbonyl (C=O) groups excluding carboxylic acids is 2. The van der Waals surface area contributed by atoms with Crippen LogP contribution in [0.15, 0.2) is 49.1 Å². The Morgan fingerprint density at radius 1 is 1.23 bits per heavy atom. The third-order valence-electron chi connectivity index (χ3n) is 4.72. The number of anilines is 1. The van der Waals surface area contributed by atoms with E-state index < -0.39 is 5.91 Å². The monoisotopic (exact) mass is 404 g/mol. The molecule has 10 heteroatoms. The molecule has 30 heavy (non-hydrogen) atoms. The largest absolute Gasteiger partial charge is 0.342 e. The van der Waals surface area contributed by atoms with Crippen LogP contribution in [0.1, 0.15) is 27.8 Å². The summed E-state index contributed by atoms with van der Waals surface area (Å²) < 4.78 is 3.01. The molecular formula is C20H20N8O2. The zero-order chi connectivity index (χ0) is 21.3. The number of rotatable bonds is 5. The van der Waals surface area contributed by atoms with E-state index in [0.29, 0.717) is 23.7 Å². The van der Waals surface area contributed by atoms with Crippen LogP contribution in [0, 0.1) is 0 Å². The Balaban J connectivity index is 1.61. The van der Waals surface area contributed by atoms with Gasteiger partial charge in [-0.05, 0) is 25.1 Å². The van der Waals surface area contributed by atoms with E-state index in [1.54, 1.807) is 49.3 Å². The number of pyridine rings is 2. The van der Waals surface area contributed by atoms with Crippen LogP contribution in [0.25, 0.3) is 17.0 Å². The van der Waals surface area contributed by atoms with Crippen molar-refractivity contribution in [2.24, 2.45) is 7.05 Å². The second-order valence-electron chi connectivity index (χ2n) is 6.70. The minimum Gasteiger partial charge on any atom is -0.342 e. The second-order valence-corrected chi connectivity index (χ2v) is 6.70. The molecule has 10 nitrogen and oxygen atoms in total. The Kier molecular flexibility index (Phi) is 4.97. The third-order valence-corrected chi connectivity index (χ3v) is 4.72. The highest BCUT2D eigenvalue weighted by atomic mass is 16.2. The molecule has 4 aromatic heterocycles. The van der Waals surface area contributed by atoms with E-state index in [2.05, 4.69) is 25.5 Å². The summed E-state index contributed by atoms with van der Waals surface area (Å²) in [6.45, 7) is 2.39. The van der Waals surface area contributed by atoms with Gasteiger partial charge in [0.25, 0.3) is 11.8 Å². The second kappa shape index (κ2) is 7.74. The molecule has 0 atom stereocenters. The lowest BCUT2D eigenvalue weighted by molar-refractivity contribution is 0.0796.